The van der Waals surface area contributed by atoms with Crippen molar-refractivity contribution in [1.82, 2.24) is 0 Å². The van der Waals surface area contributed by atoms with Crippen LogP contribution in [0.5, 0.6) is 17.2 Å². The van der Waals surface area contributed by atoms with Gasteiger partial charge in [0.25, 0.3) is 0 Å². The summed E-state index contributed by atoms with van der Waals surface area (Å²) in [6.45, 7) is 6.88. The van der Waals surface area contributed by atoms with Gasteiger partial charge in [0.2, 0.25) is 0 Å². The predicted octanol–water partition coefficient (Wildman–Crippen LogP) is 3.24. The molecule has 5 atom stereocenters. The van der Waals surface area contributed by atoms with Crippen molar-refractivity contribution in [2.24, 2.45) is 5.92 Å². The van der Waals surface area contributed by atoms with Gasteiger partial charge in [-0.2, -0.15) is 0 Å². The molecule has 202 valence electrons. The van der Waals surface area contributed by atoms with E-state index in [2.05, 4.69) is 0 Å². The highest BCUT2D eigenvalue weighted by atomic mass is 16.8. The molecule has 10 heteroatoms. The highest BCUT2D eigenvalue weighted by molar-refractivity contribution is 5.97. The van der Waals surface area contributed by atoms with Crippen molar-refractivity contribution in [3.63, 3.8) is 0 Å². The normalized spacial score (nSPS) is 22.0. The van der Waals surface area contributed by atoms with Crippen LogP contribution in [0, 0.1) is 5.92 Å². The Balaban J connectivity index is 2.37. The summed E-state index contributed by atoms with van der Waals surface area (Å²) in [6.07, 6.45) is 4.23. The molecule has 1 saturated heterocycles. The van der Waals surface area contributed by atoms with E-state index in [9.17, 15) is 20.1 Å². The second-order valence-electron chi connectivity index (χ2n) is 9.01. The predicted molar refractivity (Wildman–Crippen MR) is 132 cm³/mol. The van der Waals surface area contributed by atoms with E-state index in [-0.39, 0.29) is 35.3 Å². The second-order valence-corrected chi connectivity index (χ2v) is 9.01. The molecule has 0 spiro atoms. The molecule has 0 radical (unpaired) electrons. The maximum absolute atomic E-state index is 12.1. The number of carboxylic acid groups (broad SMARTS) is 1. The molecule has 1 aliphatic rings. The lowest BCUT2D eigenvalue weighted by Gasteiger charge is -2.20. The zero-order chi connectivity index (χ0) is 27.0. The molecule has 36 heavy (non-hydrogen) atoms. The lowest BCUT2D eigenvalue weighted by atomic mass is 9.99. The molecule has 0 aromatic heterocycles. The fraction of sp³-hybridized carbons (Fsp3) is 0.577. The Morgan fingerprint density at radius 1 is 1.11 bits per heavy atom. The van der Waals surface area contributed by atoms with Crippen molar-refractivity contribution in [1.29, 1.82) is 0 Å². The first kappa shape index (κ1) is 29.6. The van der Waals surface area contributed by atoms with Crippen molar-refractivity contribution < 1.29 is 48.5 Å². The summed E-state index contributed by atoms with van der Waals surface area (Å²) in [7, 11) is 4.29. The Bertz CT molecular complexity index is 937. The Kier molecular flexibility index (Phi) is 10.7. The van der Waals surface area contributed by atoms with E-state index in [1.165, 1.54) is 27.4 Å². The number of aliphatic hydroxyl groups excluding tert-OH is 2. The third-order valence-electron chi connectivity index (χ3n) is 5.80. The molecule has 0 bridgehead atoms. The lowest BCUT2D eigenvalue weighted by Crippen LogP contribution is -2.34. The Labute approximate surface area is 212 Å². The number of aliphatic hydroxyl groups is 2. The minimum Gasteiger partial charge on any atom is -0.493 e. The molecule has 10 nitrogen and oxygen atoms in total. The summed E-state index contributed by atoms with van der Waals surface area (Å²) < 4.78 is 33.2. The van der Waals surface area contributed by atoms with E-state index in [4.69, 9.17) is 28.4 Å². The first-order valence-electron chi connectivity index (χ1n) is 11.7. The Hall–Kier alpha value is -2.63. The largest absolute Gasteiger partial charge is 0.493 e. The maximum atomic E-state index is 12.1. The van der Waals surface area contributed by atoms with Gasteiger partial charge in [-0.15, -0.1) is 0 Å². The van der Waals surface area contributed by atoms with Gasteiger partial charge in [-0.1, -0.05) is 31.2 Å². The molecular weight excluding hydrogens is 472 g/mol. The van der Waals surface area contributed by atoms with Gasteiger partial charge in [0.05, 0.1) is 26.4 Å². The molecule has 0 aliphatic carbocycles. The number of rotatable bonds is 13. The van der Waals surface area contributed by atoms with Crippen LogP contribution in [0.4, 0.5) is 0 Å². The number of benzene rings is 1. The van der Waals surface area contributed by atoms with Gasteiger partial charge < -0.3 is 43.7 Å². The standard InChI is InChI=1S/C26H38O10/c1-15(16(2)27)11-12-18(28)24-19(35-26(3,4)36-24)10-8-9-17-22(25(29)30)20(34-14-31-5)13-21(32-6)23(17)33-7/h8-9,11-13,15-16,18-19,24,27-28H,10,14H2,1-7H3,(H,29,30)/b9-8+,12-11-/t15-,16+,18?,19-,24-/m1/s1. The van der Waals surface area contributed by atoms with E-state index in [1.54, 1.807) is 45.1 Å². The summed E-state index contributed by atoms with van der Waals surface area (Å²) in [4.78, 5) is 12.1. The first-order chi connectivity index (χ1) is 16.9. The molecule has 1 aromatic carbocycles. The molecule has 1 aliphatic heterocycles. The molecule has 1 heterocycles. The quantitative estimate of drug-likeness (QED) is 0.268. The van der Waals surface area contributed by atoms with Gasteiger partial charge in [0.15, 0.2) is 24.1 Å². The van der Waals surface area contributed by atoms with Crippen molar-refractivity contribution in [3.8, 4) is 17.2 Å². The van der Waals surface area contributed by atoms with Gasteiger partial charge >= 0.3 is 5.97 Å². The van der Waals surface area contributed by atoms with Gasteiger partial charge in [0, 0.05) is 18.7 Å². The van der Waals surface area contributed by atoms with E-state index in [0.29, 0.717) is 12.2 Å². The molecule has 1 unspecified atom stereocenters. The molecule has 1 fully saturated rings. The van der Waals surface area contributed by atoms with Crippen LogP contribution in [0.2, 0.25) is 0 Å². The topological polar surface area (TPSA) is 133 Å². The van der Waals surface area contributed by atoms with E-state index in [1.807, 2.05) is 6.92 Å². The van der Waals surface area contributed by atoms with Crippen LogP contribution in [-0.4, -0.2) is 79.6 Å². The fourth-order valence-electron chi connectivity index (χ4n) is 3.83. The summed E-state index contributed by atoms with van der Waals surface area (Å²) in [6, 6.07) is 1.43. The average molecular weight is 511 g/mol. The number of hydrogen-bond donors (Lipinski definition) is 3. The molecule has 0 saturated carbocycles. The molecule has 3 N–H and O–H groups in total. The van der Waals surface area contributed by atoms with E-state index < -0.39 is 36.2 Å². The Morgan fingerprint density at radius 2 is 1.81 bits per heavy atom. The van der Waals surface area contributed by atoms with Crippen molar-refractivity contribution in [2.45, 2.75) is 64.3 Å². The number of hydrogen-bond acceptors (Lipinski definition) is 9. The highest BCUT2D eigenvalue weighted by Crippen LogP contribution is 2.41. The number of ether oxygens (including phenoxy) is 6. The zero-order valence-corrected chi connectivity index (χ0v) is 21.9. The fourth-order valence-corrected chi connectivity index (χ4v) is 3.83. The van der Waals surface area contributed by atoms with Gasteiger partial charge in [-0.05, 0) is 33.1 Å². The molecule has 2 rings (SSSR count). The first-order valence-corrected chi connectivity index (χ1v) is 11.7. The van der Waals surface area contributed by atoms with Crippen LogP contribution >= 0.6 is 0 Å². The summed E-state index contributed by atoms with van der Waals surface area (Å²) >= 11 is 0. The summed E-state index contributed by atoms with van der Waals surface area (Å²) in [5, 5.41) is 30.3. The van der Waals surface area contributed by atoms with Crippen molar-refractivity contribution in [2.75, 3.05) is 28.1 Å². The number of methoxy groups -OCH3 is 3. The summed E-state index contributed by atoms with van der Waals surface area (Å²) in [5.74, 6) is -1.69. The van der Waals surface area contributed by atoms with Crippen LogP contribution in [-0.2, 0) is 14.2 Å². The second kappa shape index (κ2) is 13.1. The minimum atomic E-state index is -1.21. The van der Waals surface area contributed by atoms with Gasteiger partial charge in [-0.25, -0.2) is 4.79 Å². The van der Waals surface area contributed by atoms with Gasteiger partial charge in [-0.3, -0.25) is 0 Å². The van der Waals surface area contributed by atoms with Crippen LogP contribution in [0.15, 0.2) is 24.3 Å². The SMILES string of the molecule is COCOc1cc(OC)c(OC)c(/C=C/C[C@H]2OC(C)(C)O[C@@H]2C(O)/C=C\[C@@H](C)[C@H](C)O)c1C(=O)O. The smallest absolute Gasteiger partial charge is 0.340 e. The Morgan fingerprint density at radius 3 is 2.36 bits per heavy atom. The van der Waals surface area contributed by atoms with Gasteiger partial charge in [0.1, 0.15) is 23.5 Å². The molecular formula is C26H38O10. The van der Waals surface area contributed by atoms with Crippen LogP contribution in [0.1, 0.15) is 50.0 Å². The summed E-state index contributed by atoms with van der Waals surface area (Å²) in [5.41, 5.74) is 0.132. The van der Waals surface area contributed by atoms with Crippen LogP contribution in [0.25, 0.3) is 6.08 Å². The minimum absolute atomic E-state index is 0.0638. The third kappa shape index (κ3) is 7.44. The number of carboxylic acids is 1. The van der Waals surface area contributed by atoms with Crippen LogP contribution < -0.4 is 14.2 Å². The maximum Gasteiger partial charge on any atom is 0.340 e. The monoisotopic (exact) mass is 510 g/mol. The van der Waals surface area contributed by atoms with Crippen molar-refractivity contribution >= 4 is 12.0 Å². The van der Waals surface area contributed by atoms with Crippen molar-refractivity contribution in [3.05, 3.63) is 35.4 Å². The number of aromatic carboxylic acids is 1. The average Bonchev–Trinajstić information content (AvgIpc) is 3.14. The van der Waals surface area contributed by atoms with E-state index >= 15 is 0 Å². The zero-order valence-electron chi connectivity index (χ0n) is 21.9. The lowest BCUT2D eigenvalue weighted by molar-refractivity contribution is -0.152. The third-order valence-corrected chi connectivity index (χ3v) is 5.80. The number of carbonyl (C=O) groups is 1. The molecule has 0 amide bonds. The highest BCUT2D eigenvalue weighted by Gasteiger charge is 2.43. The molecule has 1 aromatic rings. The van der Waals surface area contributed by atoms with E-state index in [0.717, 1.165) is 0 Å². The van der Waals surface area contributed by atoms with Crippen LogP contribution in [0.3, 0.4) is 0 Å².